The van der Waals surface area contributed by atoms with E-state index in [1.807, 2.05) is 48.7 Å². The zero-order valence-electron chi connectivity index (χ0n) is 18.6. The average Bonchev–Trinajstić information content (AvgIpc) is 3.09. The number of fused-ring (bicyclic) bond motifs is 1. The third kappa shape index (κ3) is 4.56. The highest BCUT2D eigenvalue weighted by Crippen LogP contribution is 2.36. The molecule has 2 unspecified atom stereocenters. The molecule has 6 nitrogen and oxygen atoms in total. The molecule has 2 atom stereocenters. The van der Waals surface area contributed by atoms with Gasteiger partial charge >= 0.3 is 0 Å². The lowest BCUT2D eigenvalue weighted by molar-refractivity contribution is -0.119. The number of hydrogen-bond donors (Lipinski definition) is 1. The molecular formula is C24H30N4O2S. The average molecular weight is 439 g/mol. The van der Waals surface area contributed by atoms with Gasteiger partial charge in [-0.1, -0.05) is 49.7 Å². The first-order valence-electron chi connectivity index (χ1n) is 10.9. The van der Waals surface area contributed by atoms with Crippen LogP contribution in [0.5, 0.6) is 5.75 Å². The molecule has 2 heterocycles. The third-order valence-electron chi connectivity index (χ3n) is 6.04. The van der Waals surface area contributed by atoms with Crippen molar-refractivity contribution in [1.29, 1.82) is 0 Å². The van der Waals surface area contributed by atoms with Crippen LogP contribution < -0.4 is 10.1 Å². The Morgan fingerprint density at radius 2 is 2.03 bits per heavy atom. The fourth-order valence-electron chi connectivity index (χ4n) is 4.40. The standard InChI is InChI=1S/C24H30N4O2S/c1-15-9-5-7-11-19(15)26-21(29)14-31-22-13-16(2)25-24-23(17(3)27-28(22)24)18-10-6-8-12-20(18)30-4/h6,8,10,12-13,15,19H,5,7,9,11,14H2,1-4H3,(H,26,29). The Bertz CT molecular complexity index is 1090. The number of thioether (sulfide) groups is 1. The topological polar surface area (TPSA) is 68.5 Å². The Labute approximate surface area is 187 Å². The summed E-state index contributed by atoms with van der Waals surface area (Å²) >= 11 is 1.51. The first-order valence-corrected chi connectivity index (χ1v) is 11.9. The van der Waals surface area contributed by atoms with E-state index in [0.717, 1.165) is 45.4 Å². The van der Waals surface area contributed by atoms with Crippen LogP contribution in [-0.2, 0) is 4.79 Å². The van der Waals surface area contributed by atoms with Crippen molar-refractivity contribution in [3.8, 4) is 16.9 Å². The normalized spacial score (nSPS) is 18.8. The second-order valence-corrected chi connectivity index (χ2v) is 9.35. The Morgan fingerprint density at radius 3 is 2.81 bits per heavy atom. The maximum Gasteiger partial charge on any atom is 0.230 e. The number of ether oxygens (including phenoxy) is 1. The van der Waals surface area contributed by atoms with Crippen molar-refractivity contribution in [3.05, 3.63) is 41.7 Å². The Morgan fingerprint density at radius 1 is 1.26 bits per heavy atom. The molecule has 0 radical (unpaired) electrons. The van der Waals surface area contributed by atoms with Gasteiger partial charge in [0, 0.05) is 17.3 Å². The van der Waals surface area contributed by atoms with Crippen molar-refractivity contribution in [2.75, 3.05) is 12.9 Å². The number of methoxy groups -OCH3 is 1. The van der Waals surface area contributed by atoms with Gasteiger partial charge < -0.3 is 10.1 Å². The number of benzene rings is 1. The van der Waals surface area contributed by atoms with Crippen molar-refractivity contribution in [2.24, 2.45) is 5.92 Å². The molecule has 1 N–H and O–H groups in total. The smallest absolute Gasteiger partial charge is 0.230 e. The van der Waals surface area contributed by atoms with E-state index >= 15 is 0 Å². The van der Waals surface area contributed by atoms with Crippen LogP contribution in [0.3, 0.4) is 0 Å². The summed E-state index contributed by atoms with van der Waals surface area (Å²) in [6.07, 6.45) is 4.74. The van der Waals surface area contributed by atoms with Crippen molar-refractivity contribution in [1.82, 2.24) is 19.9 Å². The van der Waals surface area contributed by atoms with Gasteiger partial charge in [0.05, 0.1) is 24.1 Å². The summed E-state index contributed by atoms with van der Waals surface area (Å²) in [5.41, 5.74) is 4.49. The van der Waals surface area contributed by atoms with Gasteiger partial charge in [-0.25, -0.2) is 9.50 Å². The molecule has 0 saturated heterocycles. The fourth-order valence-corrected chi connectivity index (χ4v) is 5.26. The molecule has 3 aromatic rings. The molecular weight excluding hydrogens is 408 g/mol. The summed E-state index contributed by atoms with van der Waals surface area (Å²) in [5, 5.41) is 8.91. The zero-order valence-corrected chi connectivity index (χ0v) is 19.5. The van der Waals surface area contributed by atoms with Crippen LogP contribution in [-0.4, -0.2) is 39.4 Å². The van der Waals surface area contributed by atoms with Gasteiger partial charge in [0.15, 0.2) is 5.65 Å². The first-order chi connectivity index (χ1) is 15.0. The summed E-state index contributed by atoms with van der Waals surface area (Å²) in [6.45, 7) is 6.19. The number of amides is 1. The van der Waals surface area contributed by atoms with Crippen LogP contribution in [0.4, 0.5) is 0 Å². The number of para-hydroxylation sites is 1. The van der Waals surface area contributed by atoms with Gasteiger partial charge in [0.1, 0.15) is 10.8 Å². The summed E-state index contributed by atoms with van der Waals surface area (Å²) in [5.74, 6) is 1.79. The van der Waals surface area contributed by atoms with Crippen LogP contribution in [0.1, 0.15) is 44.0 Å². The molecule has 0 spiro atoms. The number of carbonyl (C=O) groups is 1. The molecule has 1 aromatic carbocycles. The Hall–Kier alpha value is -2.54. The largest absolute Gasteiger partial charge is 0.496 e. The molecule has 0 bridgehead atoms. The number of hydrogen-bond acceptors (Lipinski definition) is 5. The van der Waals surface area contributed by atoms with Gasteiger partial charge in [-0.2, -0.15) is 5.10 Å². The highest BCUT2D eigenvalue weighted by Gasteiger charge is 2.23. The van der Waals surface area contributed by atoms with E-state index in [1.54, 1.807) is 7.11 Å². The van der Waals surface area contributed by atoms with Crippen molar-refractivity contribution in [3.63, 3.8) is 0 Å². The van der Waals surface area contributed by atoms with Gasteiger partial charge in [-0.05, 0) is 44.7 Å². The molecule has 2 aromatic heterocycles. The molecule has 4 rings (SSSR count). The van der Waals surface area contributed by atoms with Crippen molar-refractivity contribution in [2.45, 2.75) is 57.5 Å². The van der Waals surface area contributed by atoms with E-state index in [0.29, 0.717) is 17.7 Å². The molecule has 164 valence electrons. The zero-order chi connectivity index (χ0) is 22.0. The van der Waals surface area contributed by atoms with Crippen LogP contribution in [0.15, 0.2) is 35.4 Å². The lowest BCUT2D eigenvalue weighted by Gasteiger charge is -2.29. The van der Waals surface area contributed by atoms with Crippen LogP contribution in [0.25, 0.3) is 16.8 Å². The third-order valence-corrected chi connectivity index (χ3v) is 7.04. The van der Waals surface area contributed by atoms with Crippen LogP contribution in [0, 0.1) is 19.8 Å². The van der Waals surface area contributed by atoms with E-state index < -0.39 is 0 Å². The molecule has 1 aliphatic carbocycles. The Kier molecular flexibility index (Phi) is 6.51. The van der Waals surface area contributed by atoms with Gasteiger partial charge in [0.25, 0.3) is 0 Å². The number of aromatic nitrogens is 3. The first kappa shape index (κ1) is 21.7. The highest BCUT2D eigenvalue weighted by molar-refractivity contribution is 7.99. The van der Waals surface area contributed by atoms with Gasteiger partial charge in [-0.15, -0.1) is 0 Å². The number of aryl methyl sites for hydroxylation is 2. The van der Waals surface area contributed by atoms with Crippen molar-refractivity contribution >= 4 is 23.3 Å². The summed E-state index contributed by atoms with van der Waals surface area (Å²) in [4.78, 5) is 17.4. The molecule has 1 fully saturated rings. The van der Waals surface area contributed by atoms with E-state index in [2.05, 4.69) is 12.2 Å². The van der Waals surface area contributed by atoms with E-state index in [1.165, 1.54) is 31.0 Å². The maximum absolute atomic E-state index is 12.6. The molecule has 31 heavy (non-hydrogen) atoms. The minimum absolute atomic E-state index is 0.0835. The quantitative estimate of drug-likeness (QED) is 0.442. The second-order valence-electron chi connectivity index (χ2n) is 8.36. The molecule has 1 aliphatic rings. The molecule has 7 heteroatoms. The SMILES string of the molecule is COc1ccccc1-c1c(C)nn2c(SCC(=O)NC3CCCCC3C)cc(C)nc12. The number of carbonyl (C=O) groups excluding carboxylic acids is 1. The fraction of sp³-hybridized carbons (Fsp3) is 0.458. The number of nitrogens with zero attached hydrogens (tertiary/aromatic N) is 3. The Balaban J connectivity index is 1.60. The molecule has 1 saturated carbocycles. The lowest BCUT2D eigenvalue weighted by atomic mass is 9.86. The summed E-state index contributed by atoms with van der Waals surface area (Å²) in [7, 11) is 1.67. The summed E-state index contributed by atoms with van der Waals surface area (Å²) < 4.78 is 7.42. The van der Waals surface area contributed by atoms with Crippen LogP contribution in [0.2, 0.25) is 0 Å². The monoisotopic (exact) mass is 438 g/mol. The van der Waals surface area contributed by atoms with Gasteiger partial charge in [-0.3, -0.25) is 4.79 Å². The van der Waals surface area contributed by atoms with Crippen molar-refractivity contribution < 1.29 is 9.53 Å². The molecule has 0 aliphatic heterocycles. The maximum atomic E-state index is 12.6. The lowest BCUT2D eigenvalue weighted by Crippen LogP contribution is -2.41. The van der Waals surface area contributed by atoms with E-state index in [-0.39, 0.29) is 5.91 Å². The van der Waals surface area contributed by atoms with E-state index in [9.17, 15) is 4.79 Å². The molecule has 1 amide bonds. The number of rotatable bonds is 6. The predicted octanol–water partition coefficient (Wildman–Crippen LogP) is 4.81. The number of nitrogens with one attached hydrogen (secondary N) is 1. The second kappa shape index (κ2) is 9.30. The van der Waals surface area contributed by atoms with Gasteiger partial charge in [0.2, 0.25) is 5.91 Å². The summed E-state index contributed by atoms with van der Waals surface area (Å²) in [6, 6.07) is 10.2. The minimum atomic E-state index is 0.0835. The highest BCUT2D eigenvalue weighted by atomic mass is 32.2. The minimum Gasteiger partial charge on any atom is -0.496 e. The van der Waals surface area contributed by atoms with Crippen LogP contribution >= 0.6 is 11.8 Å². The predicted molar refractivity (Wildman–Crippen MR) is 125 cm³/mol. The van der Waals surface area contributed by atoms with E-state index in [4.69, 9.17) is 14.8 Å².